The number of hydrogen-bond acceptors (Lipinski definition) is 5. The predicted molar refractivity (Wildman–Crippen MR) is 101 cm³/mol. The van der Waals surface area contributed by atoms with Crippen molar-refractivity contribution in [1.82, 2.24) is 19.7 Å². The molecule has 1 amide bonds. The average Bonchev–Trinajstić information content (AvgIpc) is 3.06. The second kappa shape index (κ2) is 6.50. The molecule has 0 aliphatic carbocycles. The number of nitrogens with one attached hydrogen (secondary N) is 1. The van der Waals surface area contributed by atoms with E-state index < -0.39 is 0 Å². The van der Waals surface area contributed by atoms with Crippen molar-refractivity contribution in [1.29, 1.82) is 0 Å². The maximum absolute atomic E-state index is 12.4. The Morgan fingerprint density at radius 2 is 1.96 bits per heavy atom. The van der Waals surface area contributed by atoms with Gasteiger partial charge in [-0.2, -0.15) is 5.10 Å². The third kappa shape index (κ3) is 3.40. The zero-order chi connectivity index (χ0) is 19.0. The molecule has 0 unspecified atom stereocenters. The molecule has 1 N–H and O–H groups in total. The molecule has 0 radical (unpaired) electrons. The van der Waals surface area contributed by atoms with Gasteiger partial charge in [-0.1, -0.05) is 12.1 Å². The molecule has 1 aromatic carbocycles. The van der Waals surface area contributed by atoms with Crippen LogP contribution < -0.4 is 10.1 Å². The lowest BCUT2D eigenvalue weighted by Crippen LogP contribution is -2.30. The monoisotopic (exact) mass is 363 g/mol. The van der Waals surface area contributed by atoms with Crippen molar-refractivity contribution in [2.24, 2.45) is 0 Å². The summed E-state index contributed by atoms with van der Waals surface area (Å²) in [6.45, 7) is 6.18. The van der Waals surface area contributed by atoms with E-state index in [0.717, 1.165) is 16.9 Å². The Bertz CT molecular complexity index is 976. The average molecular weight is 363 g/mol. The molecule has 0 saturated heterocycles. The van der Waals surface area contributed by atoms with Crippen LogP contribution in [0.5, 0.6) is 11.8 Å². The summed E-state index contributed by atoms with van der Waals surface area (Å²) in [7, 11) is 0. The Morgan fingerprint density at radius 3 is 2.70 bits per heavy atom. The number of carbonyl (C=O) groups is 1. The number of anilines is 1. The summed E-state index contributed by atoms with van der Waals surface area (Å²) < 4.78 is 7.61. The first-order valence-electron chi connectivity index (χ1n) is 8.85. The normalized spacial score (nSPS) is 16.6. The Kier molecular flexibility index (Phi) is 4.14. The lowest BCUT2D eigenvalue weighted by Gasteiger charge is -2.28. The van der Waals surface area contributed by atoms with E-state index in [1.165, 1.54) is 0 Å². The van der Waals surface area contributed by atoms with Crippen LogP contribution in [-0.4, -0.2) is 25.7 Å². The van der Waals surface area contributed by atoms with Crippen LogP contribution in [-0.2, 0) is 10.3 Å². The molecule has 2 aromatic heterocycles. The highest BCUT2D eigenvalue weighted by Gasteiger charge is 2.32. The molecule has 4 rings (SSSR count). The highest BCUT2D eigenvalue weighted by Crippen LogP contribution is 2.39. The van der Waals surface area contributed by atoms with Gasteiger partial charge in [0.1, 0.15) is 11.6 Å². The maximum atomic E-state index is 12.4. The van der Waals surface area contributed by atoms with Crippen LogP contribution in [0.15, 0.2) is 48.9 Å². The Morgan fingerprint density at radius 1 is 1.19 bits per heavy atom. The van der Waals surface area contributed by atoms with E-state index in [-0.39, 0.29) is 23.4 Å². The molecule has 1 aliphatic heterocycles. The van der Waals surface area contributed by atoms with Crippen molar-refractivity contribution < 1.29 is 9.53 Å². The quantitative estimate of drug-likeness (QED) is 0.767. The minimum atomic E-state index is -0.224. The van der Waals surface area contributed by atoms with Crippen LogP contribution in [0.1, 0.15) is 44.2 Å². The smallest absolute Gasteiger partial charge is 0.321 e. The van der Waals surface area contributed by atoms with Crippen LogP contribution in [0.3, 0.4) is 0 Å². The molecule has 138 valence electrons. The number of benzene rings is 1. The molecule has 0 spiro atoms. The number of fused-ring (bicyclic) bond motifs is 1. The van der Waals surface area contributed by atoms with Crippen molar-refractivity contribution >= 4 is 11.7 Å². The van der Waals surface area contributed by atoms with E-state index in [1.807, 2.05) is 35.1 Å². The number of hydrogen-bond donors (Lipinski definition) is 1. The van der Waals surface area contributed by atoms with Crippen LogP contribution >= 0.6 is 0 Å². The van der Waals surface area contributed by atoms with Gasteiger partial charge in [0.05, 0.1) is 11.7 Å². The molecular formula is C20H21N5O2. The SMILES string of the molecule is CC(C)(C)n1ncc2c1NC(=O)C[C@H]2c1cccc(Oc2ncccn2)c1. The van der Waals surface area contributed by atoms with Crippen molar-refractivity contribution in [3.63, 3.8) is 0 Å². The molecule has 1 atom stereocenters. The van der Waals surface area contributed by atoms with Gasteiger partial charge in [0.25, 0.3) is 0 Å². The van der Waals surface area contributed by atoms with Crippen molar-refractivity contribution in [2.45, 2.75) is 38.6 Å². The topological polar surface area (TPSA) is 81.9 Å². The number of carbonyl (C=O) groups excluding carboxylic acids is 1. The summed E-state index contributed by atoms with van der Waals surface area (Å²) in [5.41, 5.74) is 1.78. The summed E-state index contributed by atoms with van der Waals surface area (Å²) in [6.07, 6.45) is 5.47. The fraction of sp³-hybridized carbons (Fsp3) is 0.300. The van der Waals surface area contributed by atoms with Crippen LogP contribution in [0, 0.1) is 0 Å². The van der Waals surface area contributed by atoms with Gasteiger partial charge in [-0.15, -0.1) is 0 Å². The summed E-state index contributed by atoms with van der Waals surface area (Å²) >= 11 is 0. The van der Waals surface area contributed by atoms with Gasteiger partial charge in [-0.25, -0.2) is 14.6 Å². The van der Waals surface area contributed by atoms with Gasteiger partial charge >= 0.3 is 6.01 Å². The fourth-order valence-corrected chi connectivity index (χ4v) is 3.26. The van der Waals surface area contributed by atoms with Crippen LogP contribution in [0.2, 0.25) is 0 Å². The number of aromatic nitrogens is 4. The summed E-state index contributed by atoms with van der Waals surface area (Å²) in [5, 5.41) is 7.50. The minimum absolute atomic E-state index is 0.0174. The second-order valence-corrected chi connectivity index (χ2v) is 7.54. The van der Waals surface area contributed by atoms with Crippen molar-refractivity contribution in [2.75, 3.05) is 5.32 Å². The first-order valence-corrected chi connectivity index (χ1v) is 8.85. The van der Waals surface area contributed by atoms with Gasteiger partial charge in [-0.3, -0.25) is 4.79 Å². The standard InChI is InChI=1S/C20H21N5O2/c1-20(2,3)25-18-16(12-23-25)15(11-17(26)24-18)13-6-4-7-14(10-13)27-19-21-8-5-9-22-19/h4-10,12,15H,11H2,1-3H3,(H,24,26)/t15-/m0/s1. The predicted octanol–water partition coefficient (Wildman–Crippen LogP) is 3.69. The molecular weight excluding hydrogens is 342 g/mol. The molecule has 27 heavy (non-hydrogen) atoms. The summed E-state index contributed by atoms with van der Waals surface area (Å²) in [5.74, 6) is 1.30. The zero-order valence-corrected chi connectivity index (χ0v) is 15.5. The number of amides is 1. The zero-order valence-electron chi connectivity index (χ0n) is 15.5. The fourth-order valence-electron chi connectivity index (χ4n) is 3.26. The molecule has 7 nitrogen and oxygen atoms in total. The molecule has 0 bridgehead atoms. The minimum Gasteiger partial charge on any atom is -0.424 e. The van der Waals surface area contributed by atoms with E-state index in [9.17, 15) is 4.79 Å². The van der Waals surface area contributed by atoms with Gasteiger partial charge in [-0.05, 0) is 44.5 Å². The highest BCUT2D eigenvalue weighted by molar-refractivity contribution is 5.94. The van der Waals surface area contributed by atoms with E-state index in [0.29, 0.717) is 12.2 Å². The van der Waals surface area contributed by atoms with Gasteiger partial charge < -0.3 is 10.1 Å². The Balaban J connectivity index is 1.69. The summed E-state index contributed by atoms with van der Waals surface area (Å²) in [6, 6.07) is 9.71. The molecule has 7 heteroatoms. The highest BCUT2D eigenvalue weighted by atomic mass is 16.5. The third-order valence-corrected chi connectivity index (χ3v) is 4.47. The van der Waals surface area contributed by atoms with E-state index in [4.69, 9.17) is 4.74 Å². The van der Waals surface area contributed by atoms with Crippen molar-refractivity contribution in [3.05, 3.63) is 60.0 Å². The number of rotatable bonds is 3. The van der Waals surface area contributed by atoms with Crippen LogP contribution in [0.25, 0.3) is 0 Å². The molecule has 3 aromatic rings. The van der Waals surface area contributed by atoms with Gasteiger partial charge in [0.15, 0.2) is 0 Å². The van der Waals surface area contributed by atoms with Crippen molar-refractivity contribution in [3.8, 4) is 11.8 Å². The van der Waals surface area contributed by atoms with Gasteiger partial charge in [0.2, 0.25) is 5.91 Å². The van der Waals surface area contributed by atoms with Gasteiger partial charge in [0, 0.05) is 30.3 Å². The Labute approximate surface area is 157 Å². The largest absolute Gasteiger partial charge is 0.424 e. The molecule has 3 heterocycles. The van der Waals surface area contributed by atoms with Crippen LogP contribution in [0.4, 0.5) is 5.82 Å². The lowest BCUT2D eigenvalue weighted by molar-refractivity contribution is -0.116. The first kappa shape index (κ1) is 17.2. The lowest BCUT2D eigenvalue weighted by atomic mass is 9.87. The van der Waals surface area contributed by atoms with E-state index in [1.54, 1.807) is 18.5 Å². The third-order valence-electron chi connectivity index (χ3n) is 4.47. The molecule has 0 saturated carbocycles. The maximum Gasteiger partial charge on any atom is 0.321 e. The number of ether oxygens (including phenoxy) is 1. The van der Waals surface area contributed by atoms with E-state index in [2.05, 4.69) is 41.2 Å². The summed E-state index contributed by atoms with van der Waals surface area (Å²) in [4.78, 5) is 20.5. The Hall–Kier alpha value is -3.22. The second-order valence-electron chi connectivity index (χ2n) is 7.54. The first-order chi connectivity index (χ1) is 12.9. The van der Waals surface area contributed by atoms with E-state index >= 15 is 0 Å². The molecule has 1 aliphatic rings. The molecule has 0 fully saturated rings. The number of nitrogens with zero attached hydrogens (tertiary/aromatic N) is 4.